The Bertz CT molecular complexity index is 479. The van der Waals surface area contributed by atoms with Gasteiger partial charge in [0.05, 0.1) is 17.7 Å². The molecule has 0 fully saturated rings. The number of phenols is 1. The fourth-order valence-corrected chi connectivity index (χ4v) is 2.85. The zero-order chi connectivity index (χ0) is 12.5. The number of amides is 1. The van der Waals surface area contributed by atoms with Gasteiger partial charge in [0.15, 0.2) is 5.96 Å². The van der Waals surface area contributed by atoms with Crippen molar-refractivity contribution in [3.8, 4) is 5.75 Å². The van der Waals surface area contributed by atoms with Crippen molar-refractivity contribution in [1.29, 1.82) is 5.41 Å². The van der Waals surface area contributed by atoms with Crippen molar-refractivity contribution in [1.82, 2.24) is 5.32 Å². The van der Waals surface area contributed by atoms with Gasteiger partial charge in [-0.3, -0.25) is 15.5 Å². The maximum Gasteiger partial charge on any atom is 0.259 e. The Morgan fingerprint density at radius 1 is 1.56 bits per heavy atom. The van der Waals surface area contributed by atoms with Crippen LogP contribution in [0.15, 0.2) is 6.07 Å². The Hall–Kier alpha value is -0.290. The highest BCUT2D eigenvalue weighted by Crippen LogP contribution is 2.34. The largest absolute Gasteiger partial charge is 0.506 e. The minimum Gasteiger partial charge on any atom is -0.506 e. The van der Waals surface area contributed by atoms with Crippen LogP contribution in [0.5, 0.6) is 5.75 Å². The van der Waals surface area contributed by atoms with Gasteiger partial charge in [-0.05, 0) is 51.2 Å². The number of hydrogen-bond donors (Lipinski definition) is 4. The first-order valence-corrected chi connectivity index (χ1v) is 6.40. The molecular formula is C8H6ClI2N3O2. The highest BCUT2D eigenvalue weighted by molar-refractivity contribution is 14.1. The lowest BCUT2D eigenvalue weighted by atomic mass is 10.2. The number of carbonyl (C=O) groups excluding carboxylic acids is 1. The lowest BCUT2D eigenvalue weighted by Crippen LogP contribution is -2.35. The number of phenolic OH excluding ortho intramolecular Hbond substituents is 1. The normalized spacial score (nSPS) is 9.94. The van der Waals surface area contributed by atoms with E-state index in [1.807, 2.05) is 45.2 Å². The summed E-state index contributed by atoms with van der Waals surface area (Å²) in [5.41, 5.74) is 5.21. The van der Waals surface area contributed by atoms with Crippen LogP contribution in [-0.2, 0) is 0 Å². The first kappa shape index (κ1) is 13.8. The molecule has 5 N–H and O–H groups in total. The van der Waals surface area contributed by atoms with Crippen LogP contribution < -0.4 is 11.1 Å². The van der Waals surface area contributed by atoms with E-state index < -0.39 is 11.9 Å². The summed E-state index contributed by atoms with van der Waals surface area (Å²) in [6.07, 6.45) is 0. The standard InChI is InChI=1S/C8H6ClI2N3O2/c9-4-2(7(16)14-8(12)13)1-3(10)6(15)5(4)11/h1,15H,(H4,12,13,14,16). The SMILES string of the molecule is N=C(N)NC(=O)c1cc(I)c(O)c(I)c1Cl. The molecule has 0 aliphatic rings. The summed E-state index contributed by atoms with van der Waals surface area (Å²) in [7, 11) is 0. The van der Waals surface area contributed by atoms with Gasteiger partial charge >= 0.3 is 0 Å². The molecule has 0 unspecified atom stereocenters. The molecule has 0 aromatic heterocycles. The number of hydrogen-bond acceptors (Lipinski definition) is 3. The maximum atomic E-state index is 11.6. The van der Waals surface area contributed by atoms with E-state index in [2.05, 4.69) is 5.32 Å². The molecule has 0 heterocycles. The van der Waals surface area contributed by atoms with Crippen molar-refractivity contribution in [2.75, 3.05) is 0 Å². The van der Waals surface area contributed by atoms with Crippen molar-refractivity contribution < 1.29 is 9.90 Å². The van der Waals surface area contributed by atoms with E-state index >= 15 is 0 Å². The molecule has 0 radical (unpaired) electrons. The minimum absolute atomic E-state index is 0.0329. The van der Waals surface area contributed by atoms with Gasteiger partial charge in [0, 0.05) is 0 Å². The molecule has 0 aliphatic heterocycles. The van der Waals surface area contributed by atoms with Gasteiger partial charge in [0.25, 0.3) is 5.91 Å². The molecule has 0 saturated heterocycles. The van der Waals surface area contributed by atoms with Crippen molar-refractivity contribution in [2.24, 2.45) is 5.73 Å². The van der Waals surface area contributed by atoms with Gasteiger partial charge in [-0.15, -0.1) is 0 Å². The van der Waals surface area contributed by atoms with Crippen molar-refractivity contribution >= 4 is 68.6 Å². The van der Waals surface area contributed by atoms with Crippen LogP contribution in [-0.4, -0.2) is 17.0 Å². The molecule has 16 heavy (non-hydrogen) atoms. The minimum atomic E-state index is -0.576. The predicted molar refractivity (Wildman–Crippen MR) is 77.9 cm³/mol. The van der Waals surface area contributed by atoms with Gasteiger partial charge in [-0.1, -0.05) is 11.6 Å². The number of nitrogens with one attached hydrogen (secondary N) is 2. The monoisotopic (exact) mass is 465 g/mol. The molecule has 5 nitrogen and oxygen atoms in total. The molecule has 0 bridgehead atoms. The summed E-state index contributed by atoms with van der Waals surface area (Å²) in [5, 5.41) is 18.8. The number of rotatable bonds is 1. The Labute approximate surface area is 124 Å². The van der Waals surface area contributed by atoms with E-state index in [4.69, 9.17) is 22.7 Å². The fraction of sp³-hybridized carbons (Fsp3) is 0. The van der Waals surface area contributed by atoms with E-state index in [9.17, 15) is 9.90 Å². The lowest BCUT2D eigenvalue weighted by molar-refractivity contribution is 0.0976. The van der Waals surface area contributed by atoms with Gasteiger partial charge in [-0.25, -0.2) is 0 Å². The van der Waals surface area contributed by atoms with Gasteiger partial charge in [0.2, 0.25) is 0 Å². The van der Waals surface area contributed by atoms with E-state index in [1.54, 1.807) is 0 Å². The lowest BCUT2D eigenvalue weighted by Gasteiger charge is -2.09. The highest BCUT2D eigenvalue weighted by atomic mass is 127. The van der Waals surface area contributed by atoms with E-state index in [0.717, 1.165) is 0 Å². The number of aromatic hydroxyl groups is 1. The second-order valence-electron chi connectivity index (χ2n) is 2.75. The second kappa shape index (κ2) is 5.36. The molecule has 0 aliphatic carbocycles. The second-order valence-corrected chi connectivity index (χ2v) is 5.37. The highest BCUT2D eigenvalue weighted by Gasteiger charge is 2.18. The number of benzene rings is 1. The van der Waals surface area contributed by atoms with Crippen LogP contribution in [0.3, 0.4) is 0 Å². The average Bonchev–Trinajstić information content (AvgIpc) is 2.19. The summed E-state index contributed by atoms with van der Waals surface area (Å²) < 4.78 is 0.889. The molecule has 0 saturated carbocycles. The molecule has 1 aromatic carbocycles. The quantitative estimate of drug-likeness (QED) is 0.221. The number of carbonyl (C=O) groups is 1. The fourth-order valence-electron chi connectivity index (χ4n) is 0.940. The summed E-state index contributed by atoms with van der Waals surface area (Å²) in [5.74, 6) is -1.00. The molecular weight excluding hydrogens is 459 g/mol. The van der Waals surface area contributed by atoms with Crippen molar-refractivity contribution in [2.45, 2.75) is 0 Å². The average molecular weight is 465 g/mol. The van der Waals surface area contributed by atoms with E-state index in [-0.39, 0.29) is 16.3 Å². The van der Waals surface area contributed by atoms with Crippen molar-refractivity contribution in [3.05, 3.63) is 23.8 Å². The van der Waals surface area contributed by atoms with Crippen LogP contribution in [0.25, 0.3) is 0 Å². The zero-order valence-corrected chi connectivity index (χ0v) is 12.7. The summed E-state index contributed by atoms with van der Waals surface area (Å²) in [4.78, 5) is 11.6. The number of guanidine groups is 1. The molecule has 1 amide bonds. The van der Waals surface area contributed by atoms with Gasteiger partial charge < -0.3 is 10.8 Å². The van der Waals surface area contributed by atoms with Crippen LogP contribution in [0.1, 0.15) is 10.4 Å². The third-order valence-corrected chi connectivity index (χ3v) is 4.21. The number of halogens is 3. The molecule has 1 aromatic rings. The Balaban J connectivity index is 3.25. The van der Waals surface area contributed by atoms with E-state index in [0.29, 0.717) is 7.14 Å². The summed E-state index contributed by atoms with van der Waals surface area (Å²) >= 11 is 9.62. The molecule has 1 rings (SSSR count). The van der Waals surface area contributed by atoms with Gasteiger partial charge in [0.1, 0.15) is 5.75 Å². The third-order valence-electron chi connectivity index (χ3n) is 1.63. The Kier molecular flexibility index (Phi) is 4.62. The smallest absolute Gasteiger partial charge is 0.259 e. The summed E-state index contributed by atoms with van der Waals surface area (Å²) in [6, 6.07) is 1.43. The van der Waals surface area contributed by atoms with Gasteiger partial charge in [-0.2, -0.15) is 0 Å². The van der Waals surface area contributed by atoms with Crippen LogP contribution in [0, 0.1) is 12.5 Å². The summed E-state index contributed by atoms with van der Waals surface area (Å²) in [6.45, 7) is 0. The zero-order valence-electron chi connectivity index (χ0n) is 7.64. The van der Waals surface area contributed by atoms with Crippen LogP contribution in [0.4, 0.5) is 0 Å². The first-order chi connectivity index (χ1) is 7.34. The molecule has 86 valence electrons. The Morgan fingerprint density at radius 2 is 2.12 bits per heavy atom. The third kappa shape index (κ3) is 2.88. The topological polar surface area (TPSA) is 99.2 Å². The molecule has 0 atom stereocenters. The molecule has 0 spiro atoms. The Morgan fingerprint density at radius 3 is 2.62 bits per heavy atom. The maximum absolute atomic E-state index is 11.6. The van der Waals surface area contributed by atoms with Crippen LogP contribution >= 0.6 is 56.8 Å². The van der Waals surface area contributed by atoms with Crippen molar-refractivity contribution in [3.63, 3.8) is 0 Å². The van der Waals surface area contributed by atoms with E-state index in [1.165, 1.54) is 6.07 Å². The number of nitrogens with two attached hydrogens (primary N) is 1. The predicted octanol–water partition coefficient (Wildman–Crippen LogP) is 1.88. The van der Waals surface area contributed by atoms with Crippen LogP contribution in [0.2, 0.25) is 5.02 Å². The first-order valence-electron chi connectivity index (χ1n) is 3.86. The molecule has 8 heteroatoms.